The molecular weight excluding hydrogens is 284 g/mol. The van der Waals surface area contributed by atoms with E-state index in [0.29, 0.717) is 6.61 Å². The Morgan fingerprint density at radius 1 is 1.60 bits per heavy atom. The molecule has 1 aromatic heterocycles. The van der Waals surface area contributed by atoms with Crippen LogP contribution in [0.15, 0.2) is 11.1 Å². The highest BCUT2D eigenvalue weighted by Gasteiger charge is 2.22. The number of ether oxygens (including phenoxy) is 1. The minimum absolute atomic E-state index is 0.0455. The fraction of sp³-hybridized carbons (Fsp3) is 0.636. The van der Waals surface area contributed by atoms with Gasteiger partial charge in [-0.05, 0) is 19.3 Å². The zero-order chi connectivity index (χ0) is 14.8. The number of hydrogen-bond donors (Lipinski definition) is 2. The van der Waals surface area contributed by atoms with Gasteiger partial charge in [0.1, 0.15) is 4.90 Å². The highest BCUT2D eigenvalue weighted by atomic mass is 32.2. The number of nitrogens with two attached hydrogens (primary N) is 1. The predicted molar refractivity (Wildman–Crippen MR) is 71.4 cm³/mol. The van der Waals surface area contributed by atoms with Gasteiger partial charge in [0.2, 0.25) is 15.9 Å². The fourth-order valence-electron chi connectivity index (χ4n) is 2.12. The average molecular weight is 302 g/mol. The molecule has 2 rings (SSSR count). The van der Waals surface area contributed by atoms with Gasteiger partial charge in [-0.3, -0.25) is 9.48 Å². The SMILES string of the molecule is Cn1cc(S(N)(=O)=O)c(NC(=O)CC2CCCCO2)n1. The van der Waals surface area contributed by atoms with E-state index in [1.807, 2.05) is 0 Å². The molecule has 1 fully saturated rings. The zero-order valence-electron chi connectivity index (χ0n) is 11.2. The molecule has 1 amide bonds. The Balaban J connectivity index is 2.04. The monoisotopic (exact) mass is 302 g/mol. The van der Waals surface area contributed by atoms with Crippen molar-refractivity contribution < 1.29 is 17.9 Å². The standard InChI is InChI=1S/C11H18N4O4S/c1-15-7-9(20(12,17)18)11(14-15)13-10(16)6-8-4-2-3-5-19-8/h7-8H,2-6H2,1H3,(H2,12,17,18)(H,13,14,16). The van der Waals surface area contributed by atoms with Crippen molar-refractivity contribution in [1.29, 1.82) is 0 Å². The molecule has 20 heavy (non-hydrogen) atoms. The Bertz CT molecular complexity index is 590. The van der Waals surface area contributed by atoms with Crippen molar-refractivity contribution in [1.82, 2.24) is 9.78 Å². The molecule has 1 aliphatic rings. The maximum atomic E-state index is 11.9. The topological polar surface area (TPSA) is 116 Å². The molecule has 2 heterocycles. The lowest BCUT2D eigenvalue weighted by Crippen LogP contribution is -2.26. The van der Waals surface area contributed by atoms with E-state index in [0.717, 1.165) is 19.3 Å². The van der Waals surface area contributed by atoms with Crippen molar-refractivity contribution in [2.45, 2.75) is 36.7 Å². The summed E-state index contributed by atoms with van der Waals surface area (Å²) >= 11 is 0. The third kappa shape index (κ3) is 3.78. The summed E-state index contributed by atoms with van der Waals surface area (Å²) in [6, 6.07) is 0. The van der Waals surface area contributed by atoms with Crippen molar-refractivity contribution in [3.8, 4) is 0 Å². The number of amides is 1. The third-order valence-corrected chi connectivity index (χ3v) is 3.96. The number of nitrogens with one attached hydrogen (secondary N) is 1. The molecule has 1 saturated heterocycles. The quantitative estimate of drug-likeness (QED) is 0.809. The normalized spacial score (nSPS) is 19.8. The second kappa shape index (κ2) is 5.90. The van der Waals surface area contributed by atoms with Gasteiger partial charge < -0.3 is 10.1 Å². The lowest BCUT2D eigenvalue weighted by Gasteiger charge is -2.21. The van der Waals surface area contributed by atoms with Gasteiger partial charge in [-0.2, -0.15) is 5.10 Å². The lowest BCUT2D eigenvalue weighted by molar-refractivity contribution is -0.119. The first-order valence-electron chi connectivity index (χ1n) is 6.34. The zero-order valence-corrected chi connectivity index (χ0v) is 12.0. The molecule has 1 aromatic rings. The Hall–Kier alpha value is -1.45. The minimum Gasteiger partial charge on any atom is -0.378 e. The van der Waals surface area contributed by atoms with E-state index in [-0.39, 0.29) is 29.1 Å². The first kappa shape index (κ1) is 14.9. The van der Waals surface area contributed by atoms with Crippen LogP contribution in [-0.4, -0.2) is 36.8 Å². The molecule has 0 spiro atoms. The van der Waals surface area contributed by atoms with Gasteiger partial charge in [0.15, 0.2) is 5.82 Å². The number of nitrogens with zero attached hydrogens (tertiary/aromatic N) is 2. The predicted octanol–water partition coefficient (Wildman–Crippen LogP) is -0.0348. The number of sulfonamides is 1. The molecule has 112 valence electrons. The van der Waals surface area contributed by atoms with Crippen LogP contribution >= 0.6 is 0 Å². The third-order valence-electron chi connectivity index (χ3n) is 3.05. The van der Waals surface area contributed by atoms with Crippen molar-refractivity contribution in [2.24, 2.45) is 12.2 Å². The van der Waals surface area contributed by atoms with Gasteiger partial charge >= 0.3 is 0 Å². The van der Waals surface area contributed by atoms with E-state index >= 15 is 0 Å². The molecule has 0 aromatic carbocycles. The van der Waals surface area contributed by atoms with Crippen molar-refractivity contribution in [2.75, 3.05) is 11.9 Å². The van der Waals surface area contributed by atoms with E-state index in [1.54, 1.807) is 7.05 Å². The number of carbonyl (C=O) groups is 1. The molecule has 0 bridgehead atoms. The Morgan fingerprint density at radius 2 is 2.35 bits per heavy atom. The first-order chi connectivity index (χ1) is 9.36. The Labute approximate surface area is 117 Å². The van der Waals surface area contributed by atoms with Gasteiger partial charge in [-0.25, -0.2) is 13.6 Å². The summed E-state index contributed by atoms with van der Waals surface area (Å²) < 4.78 is 29.5. The second-order valence-electron chi connectivity index (χ2n) is 4.80. The van der Waals surface area contributed by atoms with Crippen LogP contribution in [0.1, 0.15) is 25.7 Å². The number of hydrogen-bond acceptors (Lipinski definition) is 5. The van der Waals surface area contributed by atoms with E-state index in [2.05, 4.69) is 10.4 Å². The number of rotatable bonds is 4. The highest BCUT2D eigenvalue weighted by Crippen LogP contribution is 2.19. The Kier molecular flexibility index (Phi) is 4.41. The molecular formula is C11H18N4O4S. The van der Waals surface area contributed by atoms with E-state index < -0.39 is 10.0 Å². The van der Waals surface area contributed by atoms with E-state index in [4.69, 9.17) is 9.88 Å². The fourth-order valence-corrected chi connectivity index (χ4v) is 2.78. The summed E-state index contributed by atoms with van der Waals surface area (Å²) in [6.07, 6.45) is 4.18. The molecule has 9 heteroatoms. The van der Waals surface area contributed by atoms with Crippen LogP contribution < -0.4 is 10.5 Å². The van der Waals surface area contributed by atoms with Crippen LogP contribution in [-0.2, 0) is 26.6 Å². The lowest BCUT2D eigenvalue weighted by atomic mass is 10.1. The molecule has 3 N–H and O–H groups in total. The largest absolute Gasteiger partial charge is 0.378 e. The number of aryl methyl sites for hydroxylation is 1. The second-order valence-corrected chi connectivity index (χ2v) is 6.33. The van der Waals surface area contributed by atoms with Gasteiger partial charge in [-0.1, -0.05) is 0 Å². The van der Waals surface area contributed by atoms with Crippen LogP contribution in [0.2, 0.25) is 0 Å². The number of anilines is 1. The highest BCUT2D eigenvalue weighted by molar-refractivity contribution is 7.89. The number of primary sulfonamides is 1. The van der Waals surface area contributed by atoms with E-state index in [9.17, 15) is 13.2 Å². The number of carbonyl (C=O) groups excluding carboxylic acids is 1. The summed E-state index contributed by atoms with van der Waals surface area (Å²) in [6.45, 7) is 0.657. The molecule has 1 aliphatic heterocycles. The molecule has 1 unspecified atom stereocenters. The van der Waals surface area contributed by atoms with Gasteiger partial charge in [0.05, 0.1) is 12.5 Å². The van der Waals surface area contributed by atoms with Gasteiger partial charge in [-0.15, -0.1) is 0 Å². The molecule has 0 saturated carbocycles. The van der Waals surface area contributed by atoms with Crippen molar-refractivity contribution in [3.63, 3.8) is 0 Å². The van der Waals surface area contributed by atoms with Crippen LogP contribution in [0.25, 0.3) is 0 Å². The average Bonchev–Trinajstić information content (AvgIpc) is 2.71. The van der Waals surface area contributed by atoms with E-state index in [1.165, 1.54) is 10.9 Å². The summed E-state index contributed by atoms with van der Waals surface area (Å²) in [5, 5.41) is 11.4. The minimum atomic E-state index is -3.92. The van der Waals surface area contributed by atoms with Crippen LogP contribution in [0, 0.1) is 0 Å². The van der Waals surface area contributed by atoms with Gasteiger partial charge in [0.25, 0.3) is 0 Å². The molecule has 8 nitrogen and oxygen atoms in total. The summed E-state index contributed by atoms with van der Waals surface area (Å²) in [7, 11) is -2.37. The van der Waals surface area contributed by atoms with Crippen molar-refractivity contribution in [3.05, 3.63) is 6.20 Å². The van der Waals surface area contributed by atoms with Crippen LogP contribution in [0.3, 0.4) is 0 Å². The van der Waals surface area contributed by atoms with Crippen LogP contribution in [0.5, 0.6) is 0 Å². The molecule has 1 atom stereocenters. The summed E-state index contributed by atoms with van der Waals surface area (Å²) in [4.78, 5) is 11.7. The summed E-state index contributed by atoms with van der Waals surface area (Å²) in [5.41, 5.74) is 0. The van der Waals surface area contributed by atoms with Gasteiger partial charge in [0, 0.05) is 19.9 Å². The maximum absolute atomic E-state index is 11.9. The van der Waals surface area contributed by atoms with Crippen LogP contribution in [0.4, 0.5) is 5.82 Å². The Morgan fingerprint density at radius 3 is 2.95 bits per heavy atom. The number of aromatic nitrogens is 2. The maximum Gasteiger partial charge on any atom is 0.243 e. The summed E-state index contributed by atoms with van der Waals surface area (Å²) in [5.74, 6) is -0.378. The molecule has 0 radical (unpaired) electrons. The van der Waals surface area contributed by atoms with Crippen molar-refractivity contribution >= 4 is 21.7 Å². The molecule has 0 aliphatic carbocycles. The first-order valence-corrected chi connectivity index (χ1v) is 7.89. The smallest absolute Gasteiger partial charge is 0.243 e.